The van der Waals surface area contributed by atoms with Gasteiger partial charge < -0.3 is 10.3 Å². The van der Waals surface area contributed by atoms with Crippen LogP contribution in [-0.4, -0.2) is 14.9 Å². The number of halogens is 1. The van der Waals surface area contributed by atoms with Crippen molar-refractivity contribution in [2.45, 2.75) is 13.0 Å². The highest BCUT2D eigenvalue weighted by Gasteiger charge is 2.18. The molecule has 0 saturated heterocycles. The molecular weight excluding hydrogens is 287 g/mol. The Morgan fingerprint density at radius 1 is 1.32 bits per heavy atom. The van der Waals surface area contributed by atoms with Crippen LogP contribution in [0.5, 0.6) is 0 Å². The highest BCUT2D eigenvalue weighted by Crippen LogP contribution is 2.28. The van der Waals surface area contributed by atoms with Crippen LogP contribution in [-0.2, 0) is 0 Å². The first kappa shape index (κ1) is 14.0. The van der Waals surface area contributed by atoms with Crippen molar-refractivity contribution in [3.8, 4) is 0 Å². The summed E-state index contributed by atoms with van der Waals surface area (Å²) in [6, 6.07) is 10.7. The molecule has 0 aliphatic carbocycles. The van der Waals surface area contributed by atoms with Crippen LogP contribution in [0.4, 0.5) is 15.8 Å². The standard InChI is InChI=1S/C15H13FN4O2/c1-9(15-18-11-4-2-3-5-12(11)19-15)17-13-7-6-10(16)8-14(13)20(21)22/h2-9,17H,1H3,(H,18,19). The minimum absolute atomic E-state index is 0.249. The summed E-state index contributed by atoms with van der Waals surface area (Å²) >= 11 is 0. The first-order valence-electron chi connectivity index (χ1n) is 6.70. The molecule has 6 nitrogen and oxygen atoms in total. The van der Waals surface area contributed by atoms with Crippen molar-refractivity contribution < 1.29 is 9.31 Å². The average molecular weight is 300 g/mol. The Balaban J connectivity index is 1.91. The number of fused-ring (bicyclic) bond motifs is 1. The van der Waals surface area contributed by atoms with E-state index in [9.17, 15) is 14.5 Å². The van der Waals surface area contributed by atoms with Gasteiger partial charge in [-0.05, 0) is 31.2 Å². The van der Waals surface area contributed by atoms with E-state index in [4.69, 9.17) is 0 Å². The van der Waals surface area contributed by atoms with E-state index in [2.05, 4.69) is 15.3 Å². The van der Waals surface area contributed by atoms with E-state index in [1.807, 2.05) is 31.2 Å². The third-order valence-electron chi connectivity index (χ3n) is 3.35. The zero-order chi connectivity index (χ0) is 15.7. The lowest BCUT2D eigenvalue weighted by Gasteiger charge is -2.13. The Hall–Kier alpha value is -2.96. The van der Waals surface area contributed by atoms with Crippen LogP contribution in [0, 0.1) is 15.9 Å². The van der Waals surface area contributed by atoms with Gasteiger partial charge in [0.1, 0.15) is 17.3 Å². The molecule has 0 spiro atoms. The van der Waals surface area contributed by atoms with Crippen molar-refractivity contribution in [1.29, 1.82) is 0 Å². The molecule has 112 valence electrons. The van der Waals surface area contributed by atoms with E-state index in [0.29, 0.717) is 5.82 Å². The number of aromatic amines is 1. The number of para-hydroxylation sites is 2. The SMILES string of the molecule is CC(Nc1ccc(F)cc1[N+](=O)[O-])c1nc2ccccc2[nH]1. The second-order valence-corrected chi connectivity index (χ2v) is 4.92. The molecule has 1 heterocycles. The van der Waals surface area contributed by atoms with Crippen molar-refractivity contribution in [3.05, 3.63) is 64.2 Å². The minimum atomic E-state index is -0.645. The van der Waals surface area contributed by atoms with Gasteiger partial charge in [-0.25, -0.2) is 9.37 Å². The highest BCUT2D eigenvalue weighted by molar-refractivity contribution is 5.75. The number of rotatable bonds is 4. The molecule has 0 aliphatic rings. The lowest BCUT2D eigenvalue weighted by Crippen LogP contribution is -2.10. The molecule has 0 fully saturated rings. The molecule has 0 radical (unpaired) electrons. The predicted octanol–water partition coefficient (Wildman–Crippen LogP) is 3.78. The first-order valence-corrected chi connectivity index (χ1v) is 6.70. The summed E-state index contributed by atoms with van der Waals surface area (Å²) < 4.78 is 13.2. The number of nitrogens with one attached hydrogen (secondary N) is 2. The van der Waals surface area contributed by atoms with Gasteiger partial charge in [0.2, 0.25) is 0 Å². The molecule has 0 bridgehead atoms. The van der Waals surface area contributed by atoms with Crippen LogP contribution < -0.4 is 5.32 Å². The summed E-state index contributed by atoms with van der Waals surface area (Å²) in [7, 11) is 0. The smallest absolute Gasteiger partial charge is 0.295 e. The zero-order valence-electron chi connectivity index (χ0n) is 11.7. The van der Waals surface area contributed by atoms with E-state index in [-0.39, 0.29) is 17.4 Å². The first-order chi connectivity index (χ1) is 10.5. The normalized spacial score (nSPS) is 12.3. The third kappa shape index (κ3) is 2.60. The van der Waals surface area contributed by atoms with Crippen LogP contribution in [0.2, 0.25) is 0 Å². The number of imidazole rings is 1. The van der Waals surface area contributed by atoms with E-state index in [0.717, 1.165) is 17.1 Å². The van der Waals surface area contributed by atoms with Crippen LogP contribution in [0.1, 0.15) is 18.8 Å². The molecule has 0 amide bonds. The molecule has 22 heavy (non-hydrogen) atoms. The van der Waals surface area contributed by atoms with Gasteiger partial charge in [-0.3, -0.25) is 10.1 Å². The van der Waals surface area contributed by atoms with E-state index >= 15 is 0 Å². The van der Waals surface area contributed by atoms with Gasteiger partial charge in [0, 0.05) is 0 Å². The van der Waals surface area contributed by atoms with Crippen molar-refractivity contribution in [3.63, 3.8) is 0 Å². The van der Waals surface area contributed by atoms with Crippen molar-refractivity contribution >= 4 is 22.4 Å². The van der Waals surface area contributed by atoms with Gasteiger partial charge in [-0.2, -0.15) is 0 Å². The molecule has 3 aromatic rings. The number of aromatic nitrogens is 2. The summed E-state index contributed by atoms with van der Waals surface area (Å²) in [6.07, 6.45) is 0. The Morgan fingerprint density at radius 3 is 2.82 bits per heavy atom. The second kappa shape index (κ2) is 5.44. The van der Waals surface area contributed by atoms with Gasteiger partial charge >= 0.3 is 0 Å². The minimum Gasteiger partial charge on any atom is -0.370 e. The lowest BCUT2D eigenvalue weighted by atomic mass is 10.2. The molecule has 2 aromatic carbocycles. The number of anilines is 1. The molecule has 2 N–H and O–H groups in total. The molecule has 7 heteroatoms. The quantitative estimate of drug-likeness (QED) is 0.567. The summed E-state index contributed by atoms with van der Waals surface area (Å²) in [5.74, 6) is 0.00784. The second-order valence-electron chi connectivity index (χ2n) is 4.92. The topological polar surface area (TPSA) is 83.8 Å². The molecule has 1 unspecified atom stereocenters. The molecule has 0 saturated carbocycles. The summed E-state index contributed by atoms with van der Waals surface area (Å²) in [5, 5.41) is 14.0. The van der Waals surface area contributed by atoms with Gasteiger partial charge in [0.15, 0.2) is 0 Å². The third-order valence-corrected chi connectivity index (χ3v) is 3.35. The maximum atomic E-state index is 13.2. The van der Waals surface area contributed by atoms with E-state index < -0.39 is 10.7 Å². The fourth-order valence-electron chi connectivity index (χ4n) is 2.26. The summed E-state index contributed by atoms with van der Waals surface area (Å²) in [4.78, 5) is 18.0. The van der Waals surface area contributed by atoms with Crippen molar-refractivity contribution in [1.82, 2.24) is 9.97 Å². The summed E-state index contributed by atoms with van der Waals surface area (Å²) in [5.41, 5.74) is 1.65. The number of hydrogen-bond acceptors (Lipinski definition) is 4. The number of H-pyrrole nitrogens is 1. The van der Waals surface area contributed by atoms with E-state index in [1.54, 1.807) is 0 Å². The monoisotopic (exact) mass is 300 g/mol. The number of benzene rings is 2. The molecule has 1 atom stereocenters. The Bertz CT molecular complexity index is 813. The molecule has 3 rings (SSSR count). The molecular formula is C15H13FN4O2. The van der Waals surface area contributed by atoms with Crippen molar-refractivity contribution in [2.75, 3.05) is 5.32 Å². The summed E-state index contributed by atoms with van der Waals surface area (Å²) in [6.45, 7) is 1.82. The van der Waals surface area contributed by atoms with Crippen molar-refractivity contribution in [2.24, 2.45) is 0 Å². The number of nitrogens with zero attached hydrogens (tertiary/aromatic N) is 2. The number of nitro benzene ring substituents is 1. The number of nitro groups is 1. The van der Waals surface area contributed by atoms with Gasteiger partial charge in [-0.1, -0.05) is 12.1 Å². The lowest BCUT2D eigenvalue weighted by molar-refractivity contribution is -0.384. The number of hydrogen-bond donors (Lipinski definition) is 2. The van der Waals surface area contributed by atoms with Crippen LogP contribution >= 0.6 is 0 Å². The zero-order valence-corrected chi connectivity index (χ0v) is 11.7. The van der Waals surface area contributed by atoms with Crippen LogP contribution in [0.25, 0.3) is 11.0 Å². The Kier molecular flexibility index (Phi) is 3.46. The van der Waals surface area contributed by atoms with E-state index in [1.165, 1.54) is 12.1 Å². The maximum absolute atomic E-state index is 13.2. The van der Waals surface area contributed by atoms with Gasteiger partial charge in [-0.15, -0.1) is 0 Å². The molecule has 0 aliphatic heterocycles. The fraction of sp³-hybridized carbons (Fsp3) is 0.133. The predicted molar refractivity (Wildman–Crippen MR) is 81.2 cm³/mol. The maximum Gasteiger partial charge on any atom is 0.295 e. The van der Waals surface area contributed by atoms with Crippen LogP contribution in [0.3, 0.4) is 0 Å². The van der Waals surface area contributed by atoms with Crippen LogP contribution in [0.15, 0.2) is 42.5 Å². The average Bonchev–Trinajstić information content (AvgIpc) is 2.93. The fourth-order valence-corrected chi connectivity index (χ4v) is 2.26. The largest absolute Gasteiger partial charge is 0.370 e. The highest BCUT2D eigenvalue weighted by atomic mass is 19.1. The Labute approximate surface area is 125 Å². The Morgan fingerprint density at radius 2 is 2.09 bits per heavy atom. The molecule has 1 aromatic heterocycles. The van der Waals surface area contributed by atoms with Gasteiger partial charge in [0.05, 0.1) is 28.1 Å². The van der Waals surface area contributed by atoms with Gasteiger partial charge in [0.25, 0.3) is 5.69 Å².